The second kappa shape index (κ2) is 7.02. The lowest BCUT2D eigenvalue weighted by atomic mass is 9.85. The number of rotatable bonds is 5. The molecule has 5 rings (SSSR count). The van der Waals surface area contributed by atoms with Crippen LogP contribution in [0.5, 0.6) is 0 Å². The first-order chi connectivity index (χ1) is 14.3. The highest BCUT2D eigenvalue weighted by Gasteiger charge is 2.60. The Kier molecular flexibility index (Phi) is 4.21. The molecule has 0 saturated heterocycles. The molecule has 1 amide bonds. The Labute approximate surface area is 168 Å². The topological polar surface area (TPSA) is 70.1 Å². The quantitative estimate of drug-likeness (QED) is 0.406. The van der Waals surface area contributed by atoms with Crippen molar-refractivity contribution in [3.8, 4) is 0 Å². The first-order valence-corrected chi connectivity index (χ1v) is 9.66. The van der Waals surface area contributed by atoms with E-state index in [1.165, 1.54) is 0 Å². The molecule has 0 aliphatic heterocycles. The summed E-state index contributed by atoms with van der Waals surface area (Å²) in [5.74, 6) is 0.380. The summed E-state index contributed by atoms with van der Waals surface area (Å²) in [6.07, 6.45) is 2.32. The predicted octanol–water partition coefficient (Wildman–Crippen LogP) is 4.02. The summed E-state index contributed by atoms with van der Waals surface area (Å²) in [6, 6.07) is 28.2. The number of nitrogens with zero attached hydrogens (tertiary/aromatic N) is 2. The van der Waals surface area contributed by atoms with Crippen molar-refractivity contribution in [3.63, 3.8) is 0 Å². The van der Waals surface area contributed by atoms with Crippen LogP contribution in [0.4, 0.5) is 0 Å². The van der Waals surface area contributed by atoms with Gasteiger partial charge in [-0.25, -0.2) is 10.4 Å². The van der Waals surface area contributed by atoms with Gasteiger partial charge in [-0.1, -0.05) is 72.8 Å². The van der Waals surface area contributed by atoms with E-state index in [0.29, 0.717) is 5.82 Å². The molecule has 1 unspecified atom stereocenters. The van der Waals surface area contributed by atoms with Crippen LogP contribution in [0.1, 0.15) is 23.4 Å². The summed E-state index contributed by atoms with van der Waals surface area (Å²) >= 11 is 0. The van der Waals surface area contributed by atoms with Crippen molar-refractivity contribution >= 4 is 23.2 Å². The molecule has 2 N–H and O–H groups in total. The zero-order valence-electron chi connectivity index (χ0n) is 15.7. The summed E-state index contributed by atoms with van der Waals surface area (Å²) < 4.78 is 0. The summed E-state index contributed by atoms with van der Waals surface area (Å²) in [5, 5.41) is 4.13. The molecule has 0 radical (unpaired) electrons. The normalized spacial score (nSPS) is 17.4. The number of hydrogen-bond donors (Lipinski definition) is 2. The van der Waals surface area contributed by atoms with Crippen molar-refractivity contribution in [1.29, 1.82) is 0 Å². The van der Waals surface area contributed by atoms with Crippen LogP contribution in [0.15, 0.2) is 90.0 Å². The molecule has 1 saturated carbocycles. The minimum atomic E-state index is -0.290. The third kappa shape index (κ3) is 3.10. The van der Waals surface area contributed by atoms with E-state index in [9.17, 15) is 4.79 Å². The largest absolute Gasteiger partial charge is 0.337 e. The highest BCUT2D eigenvalue weighted by atomic mass is 16.2. The van der Waals surface area contributed by atoms with Crippen LogP contribution in [-0.2, 0) is 10.2 Å². The highest BCUT2D eigenvalue weighted by Crippen LogP contribution is 2.58. The van der Waals surface area contributed by atoms with Crippen LogP contribution in [0.2, 0.25) is 0 Å². The predicted molar refractivity (Wildman–Crippen MR) is 114 cm³/mol. The first kappa shape index (κ1) is 17.4. The number of carbonyl (C=O) groups is 1. The molecular weight excluding hydrogens is 360 g/mol. The number of imidazole rings is 1. The van der Waals surface area contributed by atoms with E-state index in [4.69, 9.17) is 0 Å². The lowest BCUT2D eigenvalue weighted by Crippen LogP contribution is -2.25. The van der Waals surface area contributed by atoms with Crippen LogP contribution >= 0.6 is 0 Å². The van der Waals surface area contributed by atoms with Gasteiger partial charge in [-0.15, -0.1) is 0 Å². The number of para-hydroxylation sites is 2. The molecule has 142 valence electrons. The Bertz CT molecular complexity index is 1110. The average molecular weight is 380 g/mol. The minimum absolute atomic E-state index is 0.0786. The summed E-state index contributed by atoms with van der Waals surface area (Å²) in [4.78, 5) is 20.5. The van der Waals surface area contributed by atoms with Crippen LogP contribution < -0.4 is 5.43 Å². The maximum absolute atomic E-state index is 12.9. The molecule has 3 aromatic carbocycles. The van der Waals surface area contributed by atoms with Gasteiger partial charge in [0.05, 0.1) is 23.2 Å². The van der Waals surface area contributed by atoms with E-state index in [1.807, 2.05) is 60.7 Å². The van der Waals surface area contributed by atoms with Gasteiger partial charge in [0, 0.05) is 5.41 Å². The third-order valence-corrected chi connectivity index (χ3v) is 5.62. The molecule has 0 bridgehead atoms. The van der Waals surface area contributed by atoms with Crippen LogP contribution in [0.25, 0.3) is 11.0 Å². The lowest BCUT2D eigenvalue weighted by molar-refractivity contribution is -0.122. The average Bonchev–Trinajstić information content (AvgIpc) is 3.41. The Morgan fingerprint density at radius 1 is 0.966 bits per heavy atom. The number of aromatic amines is 1. The maximum Gasteiger partial charge on any atom is 0.244 e. The molecule has 1 fully saturated rings. The molecule has 1 heterocycles. The van der Waals surface area contributed by atoms with Gasteiger partial charge in [0.2, 0.25) is 5.91 Å². The zero-order chi connectivity index (χ0) is 19.7. The number of aromatic nitrogens is 2. The smallest absolute Gasteiger partial charge is 0.244 e. The lowest BCUT2D eigenvalue weighted by Gasteiger charge is -2.18. The third-order valence-electron chi connectivity index (χ3n) is 5.62. The van der Waals surface area contributed by atoms with Crippen LogP contribution in [0.3, 0.4) is 0 Å². The first-order valence-electron chi connectivity index (χ1n) is 9.66. The molecule has 5 nitrogen and oxygen atoms in total. The monoisotopic (exact) mass is 380 g/mol. The summed E-state index contributed by atoms with van der Waals surface area (Å²) in [5.41, 5.74) is 6.54. The van der Waals surface area contributed by atoms with Crippen molar-refractivity contribution < 1.29 is 4.79 Å². The van der Waals surface area contributed by atoms with E-state index in [-0.39, 0.29) is 17.2 Å². The van der Waals surface area contributed by atoms with Gasteiger partial charge in [0.1, 0.15) is 0 Å². The van der Waals surface area contributed by atoms with E-state index >= 15 is 0 Å². The van der Waals surface area contributed by atoms with Crippen molar-refractivity contribution in [3.05, 3.63) is 102 Å². The van der Waals surface area contributed by atoms with Gasteiger partial charge >= 0.3 is 0 Å². The molecular formula is C24H20N4O. The molecule has 1 atom stereocenters. The fourth-order valence-electron chi connectivity index (χ4n) is 4.12. The molecule has 4 aromatic rings. The van der Waals surface area contributed by atoms with E-state index in [0.717, 1.165) is 28.6 Å². The van der Waals surface area contributed by atoms with E-state index in [1.54, 1.807) is 6.21 Å². The Balaban J connectivity index is 1.35. The van der Waals surface area contributed by atoms with E-state index < -0.39 is 0 Å². The second-order valence-corrected chi connectivity index (χ2v) is 7.33. The molecule has 1 aliphatic carbocycles. The SMILES string of the molecule is O=C(NN=Cc1nc2ccccc2[nH]1)C1CC1(c1ccccc1)c1ccccc1. The molecule has 1 aromatic heterocycles. The van der Waals surface area contributed by atoms with Gasteiger partial charge in [0.15, 0.2) is 5.82 Å². The van der Waals surface area contributed by atoms with Gasteiger partial charge in [-0.3, -0.25) is 4.79 Å². The van der Waals surface area contributed by atoms with Gasteiger partial charge in [-0.2, -0.15) is 5.10 Å². The fourth-order valence-corrected chi connectivity index (χ4v) is 4.12. The number of benzene rings is 3. The van der Waals surface area contributed by atoms with Gasteiger partial charge < -0.3 is 4.98 Å². The number of nitrogens with one attached hydrogen (secondary N) is 2. The van der Waals surface area contributed by atoms with Crippen molar-refractivity contribution in [2.24, 2.45) is 11.0 Å². The van der Waals surface area contributed by atoms with Gasteiger partial charge in [-0.05, 0) is 29.7 Å². The Morgan fingerprint density at radius 3 is 2.24 bits per heavy atom. The minimum Gasteiger partial charge on any atom is -0.337 e. The Hall–Kier alpha value is -3.73. The fraction of sp³-hybridized carbons (Fsp3) is 0.125. The number of hydrogen-bond acceptors (Lipinski definition) is 3. The zero-order valence-corrected chi connectivity index (χ0v) is 15.7. The molecule has 0 spiro atoms. The molecule has 1 aliphatic rings. The highest BCUT2D eigenvalue weighted by molar-refractivity contribution is 5.88. The standard InChI is InChI=1S/C24H20N4O/c29-23(28-25-16-22-26-20-13-7-8-14-21(20)27-22)19-15-24(19,17-9-3-1-4-10-17)18-11-5-2-6-12-18/h1-14,16,19H,15H2,(H,26,27)(H,28,29). The number of carbonyl (C=O) groups excluding carboxylic acids is 1. The van der Waals surface area contributed by atoms with E-state index in [2.05, 4.69) is 44.8 Å². The van der Waals surface area contributed by atoms with Crippen LogP contribution in [0, 0.1) is 5.92 Å². The number of hydrazone groups is 1. The Morgan fingerprint density at radius 2 is 1.59 bits per heavy atom. The summed E-state index contributed by atoms with van der Waals surface area (Å²) in [7, 11) is 0. The van der Waals surface area contributed by atoms with Crippen molar-refractivity contribution in [2.45, 2.75) is 11.8 Å². The molecule has 29 heavy (non-hydrogen) atoms. The number of amides is 1. The molecule has 5 heteroatoms. The maximum atomic E-state index is 12.9. The van der Waals surface area contributed by atoms with Crippen molar-refractivity contribution in [2.75, 3.05) is 0 Å². The van der Waals surface area contributed by atoms with Gasteiger partial charge in [0.25, 0.3) is 0 Å². The second-order valence-electron chi connectivity index (χ2n) is 7.33. The summed E-state index contributed by atoms with van der Waals surface area (Å²) in [6.45, 7) is 0. The number of H-pyrrole nitrogens is 1. The van der Waals surface area contributed by atoms with Crippen LogP contribution in [-0.4, -0.2) is 22.1 Å². The van der Waals surface area contributed by atoms with Crippen molar-refractivity contribution in [1.82, 2.24) is 15.4 Å². The number of fused-ring (bicyclic) bond motifs is 1.